The zero-order valence-corrected chi connectivity index (χ0v) is 14.4. The van der Waals surface area contributed by atoms with E-state index >= 15 is 0 Å². The maximum absolute atomic E-state index is 10.3. The molecule has 126 valence electrons. The van der Waals surface area contributed by atoms with Gasteiger partial charge < -0.3 is 10.2 Å². The van der Waals surface area contributed by atoms with Crippen molar-refractivity contribution >= 4 is 17.7 Å². The van der Waals surface area contributed by atoms with E-state index in [1.165, 1.54) is 12.8 Å². The molecule has 2 N–H and O–H groups in total. The van der Waals surface area contributed by atoms with Crippen molar-refractivity contribution in [2.45, 2.75) is 58.0 Å². The SMILES string of the molecule is CCCCCC(O)C=CC=CCSCC=CCCCC(=O)O. The number of thioether (sulfide) groups is 1. The van der Waals surface area contributed by atoms with Crippen LogP contribution in [0.3, 0.4) is 0 Å². The van der Waals surface area contributed by atoms with Crippen LogP contribution in [0.4, 0.5) is 0 Å². The molecule has 0 fully saturated rings. The molecule has 0 saturated heterocycles. The summed E-state index contributed by atoms with van der Waals surface area (Å²) in [5.74, 6) is 1.16. The number of carbonyl (C=O) groups is 1. The topological polar surface area (TPSA) is 57.5 Å². The number of aliphatic hydroxyl groups excluding tert-OH is 1. The van der Waals surface area contributed by atoms with E-state index < -0.39 is 5.97 Å². The van der Waals surface area contributed by atoms with Gasteiger partial charge in [0.05, 0.1) is 6.10 Å². The van der Waals surface area contributed by atoms with Crippen molar-refractivity contribution in [1.82, 2.24) is 0 Å². The number of hydrogen-bond acceptors (Lipinski definition) is 3. The normalized spacial score (nSPS) is 13.5. The molecule has 0 amide bonds. The molecule has 0 aromatic carbocycles. The van der Waals surface area contributed by atoms with Gasteiger partial charge >= 0.3 is 5.97 Å². The maximum atomic E-state index is 10.3. The summed E-state index contributed by atoms with van der Waals surface area (Å²) < 4.78 is 0. The molecule has 4 heteroatoms. The first-order chi connectivity index (χ1) is 10.7. The van der Waals surface area contributed by atoms with E-state index in [9.17, 15) is 9.90 Å². The molecule has 1 unspecified atom stereocenters. The van der Waals surface area contributed by atoms with Crippen LogP contribution < -0.4 is 0 Å². The van der Waals surface area contributed by atoms with Crippen LogP contribution >= 0.6 is 11.8 Å². The minimum atomic E-state index is -0.726. The van der Waals surface area contributed by atoms with Crippen molar-refractivity contribution in [1.29, 1.82) is 0 Å². The van der Waals surface area contributed by atoms with Gasteiger partial charge in [-0.25, -0.2) is 0 Å². The Kier molecular flexibility index (Phi) is 15.6. The Morgan fingerprint density at radius 2 is 1.86 bits per heavy atom. The largest absolute Gasteiger partial charge is 0.481 e. The smallest absolute Gasteiger partial charge is 0.303 e. The van der Waals surface area contributed by atoms with E-state index in [1.54, 1.807) is 11.8 Å². The zero-order valence-electron chi connectivity index (χ0n) is 13.6. The summed E-state index contributed by atoms with van der Waals surface area (Å²) in [6, 6.07) is 0. The molecular formula is C18H30O3S. The minimum Gasteiger partial charge on any atom is -0.481 e. The number of aliphatic hydroxyl groups is 1. The van der Waals surface area contributed by atoms with E-state index in [4.69, 9.17) is 5.11 Å². The molecule has 0 bridgehead atoms. The molecule has 0 aliphatic rings. The van der Waals surface area contributed by atoms with Crippen LogP contribution in [0.5, 0.6) is 0 Å². The lowest BCUT2D eigenvalue weighted by atomic mass is 10.1. The first-order valence-corrected chi connectivity index (χ1v) is 9.28. The van der Waals surface area contributed by atoms with Crippen LogP contribution in [0.2, 0.25) is 0 Å². The molecule has 0 aliphatic carbocycles. The van der Waals surface area contributed by atoms with Gasteiger partial charge in [0.15, 0.2) is 0 Å². The van der Waals surface area contributed by atoms with Crippen molar-refractivity contribution in [2.24, 2.45) is 0 Å². The number of rotatable bonds is 14. The molecule has 0 aromatic rings. The van der Waals surface area contributed by atoms with Crippen LogP contribution in [-0.2, 0) is 4.79 Å². The predicted octanol–water partition coefficient (Wildman–Crippen LogP) is 4.58. The highest BCUT2D eigenvalue weighted by Crippen LogP contribution is 2.05. The molecule has 0 radical (unpaired) electrons. The van der Waals surface area contributed by atoms with Crippen LogP contribution in [0.1, 0.15) is 51.9 Å². The third-order valence-corrected chi connectivity index (χ3v) is 3.90. The van der Waals surface area contributed by atoms with Crippen molar-refractivity contribution in [3.05, 3.63) is 36.5 Å². The van der Waals surface area contributed by atoms with Crippen LogP contribution in [0.15, 0.2) is 36.5 Å². The Labute approximate surface area is 139 Å². The lowest BCUT2D eigenvalue weighted by molar-refractivity contribution is -0.137. The predicted molar refractivity (Wildman–Crippen MR) is 96.4 cm³/mol. The first-order valence-electron chi connectivity index (χ1n) is 8.12. The second-order valence-electron chi connectivity index (χ2n) is 5.17. The third kappa shape index (κ3) is 17.1. The van der Waals surface area contributed by atoms with Gasteiger partial charge in [0.25, 0.3) is 0 Å². The summed E-state index contributed by atoms with van der Waals surface area (Å²) in [5, 5.41) is 18.2. The molecule has 0 aromatic heterocycles. The molecule has 0 rings (SSSR count). The Morgan fingerprint density at radius 1 is 1.09 bits per heavy atom. The van der Waals surface area contributed by atoms with Crippen molar-refractivity contribution in [3.8, 4) is 0 Å². The molecule has 1 atom stereocenters. The second-order valence-corrected chi connectivity index (χ2v) is 6.25. The Morgan fingerprint density at radius 3 is 2.59 bits per heavy atom. The second kappa shape index (κ2) is 16.4. The van der Waals surface area contributed by atoms with E-state index in [0.29, 0.717) is 6.42 Å². The van der Waals surface area contributed by atoms with Crippen molar-refractivity contribution in [3.63, 3.8) is 0 Å². The monoisotopic (exact) mass is 326 g/mol. The molecule has 0 aliphatic heterocycles. The number of carboxylic acids is 1. The maximum Gasteiger partial charge on any atom is 0.303 e. The van der Waals surface area contributed by atoms with Crippen LogP contribution in [0.25, 0.3) is 0 Å². The standard InChI is InChI=1S/C18H30O3S/c1-2-3-7-12-17(19)13-8-6-11-16-22-15-10-5-4-9-14-18(20)21/h5-6,8,10-11,13,17,19H,2-4,7,9,12,14-16H2,1H3,(H,20,21). The summed E-state index contributed by atoms with van der Waals surface area (Å²) in [5.41, 5.74) is 0. The molecule has 0 spiro atoms. The average molecular weight is 327 g/mol. The van der Waals surface area contributed by atoms with Gasteiger partial charge in [-0.2, -0.15) is 11.8 Å². The number of carboxylic acid groups (broad SMARTS) is 1. The Hall–Kier alpha value is -1.00. The van der Waals surface area contributed by atoms with E-state index in [0.717, 1.165) is 30.8 Å². The lowest BCUT2D eigenvalue weighted by Crippen LogP contribution is -2.00. The van der Waals surface area contributed by atoms with E-state index in [-0.39, 0.29) is 12.5 Å². The average Bonchev–Trinajstić information content (AvgIpc) is 2.48. The first kappa shape index (κ1) is 21.0. The van der Waals surface area contributed by atoms with Gasteiger partial charge in [-0.1, -0.05) is 62.6 Å². The fraction of sp³-hybridized carbons (Fsp3) is 0.611. The van der Waals surface area contributed by atoms with Crippen molar-refractivity contribution in [2.75, 3.05) is 11.5 Å². The molecule has 22 heavy (non-hydrogen) atoms. The van der Waals surface area contributed by atoms with Gasteiger partial charge in [0, 0.05) is 17.9 Å². The minimum absolute atomic E-state index is 0.247. The van der Waals surface area contributed by atoms with E-state index in [2.05, 4.69) is 19.1 Å². The highest BCUT2D eigenvalue weighted by Gasteiger charge is 1.96. The summed E-state index contributed by atoms with van der Waals surface area (Å²) >= 11 is 1.81. The third-order valence-electron chi connectivity index (χ3n) is 3.04. The van der Waals surface area contributed by atoms with Crippen LogP contribution in [-0.4, -0.2) is 33.8 Å². The highest BCUT2D eigenvalue weighted by molar-refractivity contribution is 7.99. The number of hydrogen-bond donors (Lipinski definition) is 2. The molecule has 0 saturated carbocycles. The highest BCUT2D eigenvalue weighted by atomic mass is 32.2. The van der Waals surface area contributed by atoms with Crippen LogP contribution in [0, 0.1) is 0 Å². The van der Waals surface area contributed by atoms with Crippen molar-refractivity contribution < 1.29 is 15.0 Å². The zero-order chi connectivity index (χ0) is 16.5. The number of unbranched alkanes of at least 4 members (excludes halogenated alkanes) is 3. The number of aliphatic carboxylic acids is 1. The summed E-state index contributed by atoms with van der Waals surface area (Å²) in [6.07, 6.45) is 17.7. The van der Waals surface area contributed by atoms with E-state index in [1.807, 2.05) is 24.3 Å². The molecule has 0 heterocycles. The van der Waals surface area contributed by atoms with Gasteiger partial charge in [-0.05, 0) is 19.3 Å². The lowest BCUT2D eigenvalue weighted by Gasteiger charge is -2.02. The van der Waals surface area contributed by atoms with Gasteiger partial charge in [0.2, 0.25) is 0 Å². The fourth-order valence-corrected chi connectivity index (χ4v) is 2.44. The fourth-order valence-electron chi connectivity index (χ4n) is 1.79. The van der Waals surface area contributed by atoms with Gasteiger partial charge in [-0.15, -0.1) is 0 Å². The van der Waals surface area contributed by atoms with Gasteiger partial charge in [-0.3, -0.25) is 4.79 Å². The Bertz CT molecular complexity index is 348. The number of allylic oxidation sites excluding steroid dienone is 3. The quantitative estimate of drug-likeness (QED) is 0.278. The van der Waals surface area contributed by atoms with Gasteiger partial charge in [0.1, 0.15) is 0 Å². The molecular weight excluding hydrogens is 296 g/mol. The Balaban J connectivity index is 3.46. The summed E-state index contributed by atoms with van der Waals surface area (Å²) in [4.78, 5) is 10.3. The molecule has 3 nitrogen and oxygen atoms in total. The summed E-state index contributed by atoms with van der Waals surface area (Å²) in [6.45, 7) is 2.16. The summed E-state index contributed by atoms with van der Waals surface area (Å²) in [7, 11) is 0.